The van der Waals surface area contributed by atoms with Gasteiger partial charge in [-0.25, -0.2) is 0 Å². The summed E-state index contributed by atoms with van der Waals surface area (Å²) in [6.07, 6.45) is 89.9. The average Bonchev–Trinajstić information content (AvgIpc) is 3.46. The van der Waals surface area contributed by atoms with Gasteiger partial charge in [0.05, 0.1) is 0 Å². The molecule has 0 aliphatic carbocycles. The molecule has 0 radical (unpaired) electrons. The van der Waals surface area contributed by atoms with Crippen LogP contribution in [0.15, 0.2) is 60.8 Å². The van der Waals surface area contributed by atoms with Crippen LogP contribution in [0, 0.1) is 0 Å². The van der Waals surface area contributed by atoms with Crippen molar-refractivity contribution in [2.45, 2.75) is 386 Å². The Labute approximate surface area is 504 Å². The number of carbonyl (C=O) groups excluding carboxylic acids is 3. The minimum absolute atomic E-state index is 0.0813. The number of rotatable bonds is 66. The Balaban J connectivity index is 4.07. The highest BCUT2D eigenvalue weighted by Crippen LogP contribution is 2.18. The van der Waals surface area contributed by atoms with Gasteiger partial charge in [-0.15, -0.1) is 0 Å². The fourth-order valence-electron chi connectivity index (χ4n) is 10.6. The van der Waals surface area contributed by atoms with E-state index < -0.39 is 6.10 Å². The third kappa shape index (κ3) is 67.8. The second-order valence-electron chi connectivity index (χ2n) is 24.1. The quantitative estimate of drug-likeness (QED) is 0.0261. The van der Waals surface area contributed by atoms with E-state index >= 15 is 0 Å². The minimum atomic E-state index is -0.787. The van der Waals surface area contributed by atoms with Gasteiger partial charge in [-0.05, 0) is 103 Å². The molecule has 0 fully saturated rings. The van der Waals surface area contributed by atoms with Gasteiger partial charge in [-0.1, -0.05) is 319 Å². The molecule has 1 atom stereocenters. The Morgan fingerprint density at radius 1 is 0.247 bits per heavy atom. The molecule has 0 saturated heterocycles. The Bertz CT molecular complexity index is 1440. The summed E-state index contributed by atoms with van der Waals surface area (Å²) in [5.41, 5.74) is 0. The van der Waals surface area contributed by atoms with E-state index in [9.17, 15) is 14.4 Å². The SMILES string of the molecule is CCC/C=C\C/C=C\CCCCCCCC(=O)OCC(COC(=O)CCCCCCCCCCCCCCCCCCCCCCCCC/C=C\CCCCCCCCCC)OC(=O)CCCCCCC/C=C\C/C=C\CCCCC. The first kappa shape index (κ1) is 78.1. The Hall–Kier alpha value is -2.89. The fraction of sp³-hybridized carbons (Fsp3) is 0.827. The summed E-state index contributed by atoms with van der Waals surface area (Å²) in [5, 5.41) is 0. The molecule has 6 nitrogen and oxygen atoms in total. The molecule has 0 rings (SSSR count). The molecule has 0 aromatic rings. The molecule has 0 heterocycles. The van der Waals surface area contributed by atoms with E-state index in [2.05, 4.69) is 81.5 Å². The van der Waals surface area contributed by atoms with Crippen molar-refractivity contribution >= 4 is 17.9 Å². The maximum absolute atomic E-state index is 12.9. The monoisotopic (exact) mass is 1130 g/mol. The third-order valence-corrected chi connectivity index (χ3v) is 15.9. The summed E-state index contributed by atoms with van der Waals surface area (Å²) in [7, 11) is 0. The molecule has 0 aromatic carbocycles. The average molecular weight is 1130 g/mol. The second kappa shape index (κ2) is 69.6. The van der Waals surface area contributed by atoms with Crippen LogP contribution in [0.5, 0.6) is 0 Å². The van der Waals surface area contributed by atoms with Gasteiger partial charge >= 0.3 is 17.9 Å². The lowest BCUT2D eigenvalue weighted by atomic mass is 10.0. The molecular weight excluding hydrogens is 997 g/mol. The number of unbranched alkanes of at least 4 members (excludes halogenated alkanes) is 45. The van der Waals surface area contributed by atoms with Gasteiger partial charge in [-0.3, -0.25) is 14.4 Å². The highest BCUT2D eigenvalue weighted by molar-refractivity contribution is 5.71. The predicted octanol–water partition coefficient (Wildman–Crippen LogP) is 24.7. The molecule has 0 amide bonds. The van der Waals surface area contributed by atoms with Crippen LogP contribution >= 0.6 is 0 Å². The van der Waals surface area contributed by atoms with Crippen LogP contribution in [0.3, 0.4) is 0 Å². The van der Waals surface area contributed by atoms with Crippen LogP contribution in [0.2, 0.25) is 0 Å². The molecule has 0 aliphatic heterocycles. The minimum Gasteiger partial charge on any atom is -0.462 e. The fourth-order valence-corrected chi connectivity index (χ4v) is 10.6. The van der Waals surface area contributed by atoms with E-state index in [1.54, 1.807) is 0 Å². The van der Waals surface area contributed by atoms with E-state index in [-0.39, 0.29) is 31.1 Å². The molecule has 472 valence electrons. The van der Waals surface area contributed by atoms with Gasteiger partial charge in [0.2, 0.25) is 0 Å². The van der Waals surface area contributed by atoms with E-state index in [4.69, 9.17) is 14.2 Å². The molecule has 6 heteroatoms. The summed E-state index contributed by atoms with van der Waals surface area (Å²) >= 11 is 0. The van der Waals surface area contributed by atoms with Gasteiger partial charge in [-0.2, -0.15) is 0 Å². The van der Waals surface area contributed by atoms with Gasteiger partial charge in [0, 0.05) is 19.3 Å². The summed E-state index contributed by atoms with van der Waals surface area (Å²) in [5.74, 6) is -0.891. The molecule has 0 N–H and O–H groups in total. The predicted molar refractivity (Wildman–Crippen MR) is 353 cm³/mol. The van der Waals surface area contributed by atoms with Gasteiger partial charge < -0.3 is 14.2 Å². The molecule has 0 aromatic heterocycles. The van der Waals surface area contributed by atoms with Gasteiger partial charge in [0.25, 0.3) is 0 Å². The summed E-state index contributed by atoms with van der Waals surface area (Å²) in [6.45, 7) is 6.57. The van der Waals surface area contributed by atoms with E-state index in [1.165, 1.54) is 231 Å². The first-order valence-corrected chi connectivity index (χ1v) is 35.8. The van der Waals surface area contributed by atoms with Crippen LogP contribution < -0.4 is 0 Å². The molecular formula is C75H136O6. The number of hydrogen-bond donors (Lipinski definition) is 0. The molecule has 1 unspecified atom stereocenters. The molecule has 0 spiro atoms. The maximum Gasteiger partial charge on any atom is 0.306 e. The lowest BCUT2D eigenvalue weighted by Crippen LogP contribution is -2.30. The lowest BCUT2D eigenvalue weighted by Gasteiger charge is -2.18. The summed E-state index contributed by atoms with van der Waals surface area (Å²) in [4.78, 5) is 38.3. The van der Waals surface area contributed by atoms with Crippen molar-refractivity contribution in [2.75, 3.05) is 13.2 Å². The van der Waals surface area contributed by atoms with Crippen molar-refractivity contribution < 1.29 is 28.6 Å². The van der Waals surface area contributed by atoms with Crippen molar-refractivity contribution in [1.82, 2.24) is 0 Å². The zero-order valence-electron chi connectivity index (χ0n) is 54.3. The number of allylic oxidation sites excluding steroid dienone is 10. The van der Waals surface area contributed by atoms with Crippen molar-refractivity contribution in [1.29, 1.82) is 0 Å². The standard InChI is InChI=1S/C75H136O6/c1-4-7-10-13-16-19-22-25-27-28-29-30-31-32-33-34-35-36-37-38-39-40-41-42-43-44-45-46-48-50-53-56-59-62-65-68-74(77)80-71-72(70-79-73(76)67-64-61-58-55-52-49-24-21-18-15-12-9-6-3)81-75(78)69-66-63-60-57-54-51-47-26-23-20-17-14-11-8-5-2/h12,15,17,20-21,24,26,28-29,47,72H,4-11,13-14,16,18-19,22-23,25,27,30-46,48-71H2,1-3H3/b15-12-,20-17-,24-21-,29-28-,47-26-. The second-order valence-corrected chi connectivity index (χ2v) is 24.1. The van der Waals surface area contributed by atoms with E-state index in [1.807, 2.05) is 0 Å². The lowest BCUT2D eigenvalue weighted by molar-refractivity contribution is -0.167. The molecule has 0 aliphatic rings. The Kier molecular flexibility index (Phi) is 67.1. The zero-order valence-corrected chi connectivity index (χ0v) is 54.3. The topological polar surface area (TPSA) is 78.9 Å². The van der Waals surface area contributed by atoms with Gasteiger partial charge in [0.15, 0.2) is 6.10 Å². The normalized spacial score (nSPS) is 12.4. The van der Waals surface area contributed by atoms with E-state index in [0.29, 0.717) is 19.3 Å². The van der Waals surface area contributed by atoms with Crippen LogP contribution in [0.4, 0.5) is 0 Å². The summed E-state index contributed by atoms with van der Waals surface area (Å²) in [6, 6.07) is 0. The highest BCUT2D eigenvalue weighted by atomic mass is 16.6. The Morgan fingerprint density at radius 3 is 0.765 bits per heavy atom. The van der Waals surface area contributed by atoms with Gasteiger partial charge in [0.1, 0.15) is 13.2 Å². The number of ether oxygens (including phenoxy) is 3. The largest absolute Gasteiger partial charge is 0.462 e. The Morgan fingerprint density at radius 2 is 0.469 bits per heavy atom. The van der Waals surface area contributed by atoms with Crippen molar-refractivity contribution in [3.8, 4) is 0 Å². The zero-order chi connectivity index (χ0) is 58.5. The van der Waals surface area contributed by atoms with Crippen LogP contribution in [0.25, 0.3) is 0 Å². The van der Waals surface area contributed by atoms with Crippen molar-refractivity contribution in [3.63, 3.8) is 0 Å². The molecule has 0 saturated carbocycles. The number of esters is 3. The first-order chi connectivity index (χ1) is 40.0. The highest BCUT2D eigenvalue weighted by Gasteiger charge is 2.19. The van der Waals surface area contributed by atoms with Crippen LogP contribution in [-0.4, -0.2) is 37.2 Å². The van der Waals surface area contributed by atoms with Crippen LogP contribution in [-0.2, 0) is 28.6 Å². The maximum atomic E-state index is 12.9. The number of hydrogen-bond acceptors (Lipinski definition) is 6. The van der Waals surface area contributed by atoms with Crippen LogP contribution in [0.1, 0.15) is 380 Å². The van der Waals surface area contributed by atoms with E-state index in [0.717, 1.165) is 109 Å². The van der Waals surface area contributed by atoms with Crippen molar-refractivity contribution in [3.05, 3.63) is 60.8 Å². The number of carbonyl (C=O) groups is 3. The first-order valence-electron chi connectivity index (χ1n) is 35.8. The molecule has 0 bridgehead atoms. The smallest absolute Gasteiger partial charge is 0.306 e. The van der Waals surface area contributed by atoms with Crippen molar-refractivity contribution in [2.24, 2.45) is 0 Å². The summed E-state index contributed by atoms with van der Waals surface area (Å²) < 4.78 is 16.9. The molecule has 81 heavy (non-hydrogen) atoms. The third-order valence-electron chi connectivity index (χ3n) is 15.9.